The lowest BCUT2D eigenvalue weighted by atomic mass is 10.2. The summed E-state index contributed by atoms with van der Waals surface area (Å²) in [5.74, 6) is 0.559. The number of benzene rings is 1. The van der Waals surface area contributed by atoms with Gasteiger partial charge in [-0.25, -0.2) is 0 Å². The van der Waals surface area contributed by atoms with Crippen molar-refractivity contribution < 1.29 is 9.53 Å². The highest BCUT2D eigenvalue weighted by Crippen LogP contribution is 2.13. The van der Waals surface area contributed by atoms with Crippen LogP contribution >= 0.6 is 0 Å². The monoisotopic (exact) mass is 244 g/mol. The molecule has 1 aromatic carbocycles. The summed E-state index contributed by atoms with van der Waals surface area (Å²) in [5, 5.41) is 2.56. The van der Waals surface area contributed by atoms with Crippen LogP contribution in [0.1, 0.15) is 10.4 Å². The average Bonchev–Trinajstić information content (AvgIpc) is 2.43. The third-order valence-electron chi connectivity index (χ3n) is 2.27. The lowest BCUT2D eigenvalue weighted by Crippen LogP contribution is -2.17. The fourth-order valence-electron chi connectivity index (χ4n) is 1.28. The van der Waals surface area contributed by atoms with E-state index in [2.05, 4.69) is 23.6 Å². The van der Waals surface area contributed by atoms with E-state index in [4.69, 9.17) is 4.74 Å². The normalized spacial score (nSPS) is 10.6. The molecule has 1 N–H and O–H groups in total. The molecule has 0 heterocycles. The maximum Gasteiger partial charge on any atom is 0.251 e. The van der Waals surface area contributed by atoms with Gasteiger partial charge in [0.05, 0.1) is 0 Å². The molecule has 4 nitrogen and oxygen atoms in total. The highest BCUT2D eigenvalue weighted by Gasteiger charge is 2.02. The number of amides is 1. The quantitative estimate of drug-likeness (QED) is 0.616. The van der Waals surface area contributed by atoms with Crippen molar-refractivity contribution in [3.8, 4) is 5.75 Å². The van der Waals surface area contributed by atoms with E-state index < -0.39 is 0 Å². The molecule has 0 aliphatic heterocycles. The van der Waals surface area contributed by atoms with Crippen LogP contribution in [-0.2, 0) is 0 Å². The van der Waals surface area contributed by atoms with E-state index in [0.29, 0.717) is 17.9 Å². The second kappa shape index (κ2) is 7.06. The predicted octanol–water partition coefficient (Wildman–Crippen LogP) is 2.20. The molecule has 1 amide bonds. The zero-order chi connectivity index (χ0) is 13.4. The first-order valence-electron chi connectivity index (χ1n) is 5.43. The Bertz CT molecular complexity index is 461. The highest BCUT2D eigenvalue weighted by atomic mass is 16.5. The molecular formula is C14H16N2O2. The Hall–Kier alpha value is -2.36. The van der Waals surface area contributed by atoms with E-state index in [-0.39, 0.29) is 5.91 Å². The zero-order valence-corrected chi connectivity index (χ0v) is 10.3. The summed E-state index contributed by atoms with van der Waals surface area (Å²) in [6, 6.07) is 6.90. The van der Waals surface area contributed by atoms with Crippen molar-refractivity contribution in [2.75, 3.05) is 13.7 Å². The van der Waals surface area contributed by atoms with Gasteiger partial charge in [0.25, 0.3) is 5.91 Å². The van der Waals surface area contributed by atoms with E-state index in [9.17, 15) is 4.79 Å². The highest BCUT2D eigenvalue weighted by molar-refractivity contribution is 5.94. The maximum absolute atomic E-state index is 11.3. The van der Waals surface area contributed by atoms with E-state index in [0.717, 1.165) is 5.57 Å². The Labute approximate surface area is 107 Å². The topological polar surface area (TPSA) is 50.7 Å². The van der Waals surface area contributed by atoms with Gasteiger partial charge < -0.3 is 10.1 Å². The van der Waals surface area contributed by atoms with Gasteiger partial charge in [0.2, 0.25) is 0 Å². The lowest BCUT2D eigenvalue weighted by Gasteiger charge is -2.07. The van der Waals surface area contributed by atoms with Gasteiger partial charge in [-0.1, -0.05) is 12.7 Å². The van der Waals surface area contributed by atoms with Gasteiger partial charge in [0.15, 0.2) is 0 Å². The number of carbonyl (C=O) groups is 1. The smallest absolute Gasteiger partial charge is 0.251 e. The van der Waals surface area contributed by atoms with Gasteiger partial charge in [-0.15, -0.1) is 0 Å². The summed E-state index contributed by atoms with van der Waals surface area (Å²) in [6.45, 7) is 7.38. The van der Waals surface area contributed by atoms with Crippen LogP contribution < -0.4 is 10.1 Å². The molecule has 0 unspecified atom stereocenters. The van der Waals surface area contributed by atoms with Crippen molar-refractivity contribution in [1.82, 2.24) is 5.32 Å². The minimum absolute atomic E-state index is 0.121. The van der Waals surface area contributed by atoms with E-state index in [1.807, 2.05) is 0 Å². The summed E-state index contributed by atoms with van der Waals surface area (Å²) in [5.41, 5.74) is 1.43. The molecule has 0 aromatic heterocycles. The molecule has 0 aliphatic carbocycles. The van der Waals surface area contributed by atoms with Crippen molar-refractivity contribution >= 4 is 12.6 Å². The van der Waals surface area contributed by atoms with Crippen LogP contribution in [0.3, 0.4) is 0 Å². The third-order valence-corrected chi connectivity index (χ3v) is 2.27. The van der Waals surface area contributed by atoms with Crippen LogP contribution in [0.25, 0.3) is 0 Å². The molecule has 0 fully saturated rings. The number of carbonyl (C=O) groups excluding carboxylic acids is 1. The van der Waals surface area contributed by atoms with Crippen molar-refractivity contribution in [2.45, 2.75) is 0 Å². The van der Waals surface area contributed by atoms with Gasteiger partial charge in [-0.2, -0.15) is 0 Å². The maximum atomic E-state index is 11.3. The minimum atomic E-state index is -0.121. The fourth-order valence-corrected chi connectivity index (χ4v) is 1.28. The fraction of sp³-hybridized carbons (Fsp3) is 0.143. The van der Waals surface area contributed by atoms with Gasteiger partial charge >= 0.3 is 0 Å². The first-order chi connectivity index (χ1) is 8.71. The molecule has 0 aliphatic rings. The largest absolute Gasteiger partial charge is 0.489 e. The van der Waals surface area contributed by atoms with Crippen molar-refractivity contribution in [3.63, 3.8) is 0 Å². The van der Waals surface area contributed by atoms with E-state index in [1.54, 1.807) is 43.6 Å². The molecule has 0 atom stereocenters. The van der Waals surface area contributed by atoms with Crippen molar-refractivity contribution in [1.29, 1.82) is 0 Å². The van der Waals surface area contributed by atoms with Gasteiger partial charge in [0, 0.05) is 24.4 Å². The number of nitrogens with one attached hydrogen (secondary N) is 1. The van der Waals surface area contributed by atoms with Crippen molar-refractivity contribution in [3.05, 3.63) is 54.3 Å². The predicted molar refractivity (Wildman–Crippen MR) is 73.2 cm³/mol. The first kappa shape index (κ1) is 13.7. The SMILES string of the molecule is C=C/C(=C\N=C)COc1ccc(C(=O)NC)cc1. The summed E-state index contributed by atoms with van der Waals surface area (Å²) in [6.07, 6.45) is 3.25. The first-order valence-corrected chi connectivity index (χ1v) is 5.43. The van der Waals surface area contributed by atoms with Crippen molar-refractivity contribution in [2.24, 2.45) is 4.99 Å². The number of nitrogens with zero attached hydrogens (tertiary/aromatic N) is 1. The summed E-state index contributed by atoms with van der Waals surface area (Å²) < 4.78 is 5.52. The molecule has 0 saturated carbocycles. The standard InChI is InChI=1S/C14H16N2O2/c1-4-11(9-15-2)10-18-13-7-5-12(6-8-13)14(17)16-3/h4-9H,1-2,10H2,3H3,(H,16,17)/b11-9+. The molecule has 0 bridgehead atoms. The molecule has 1 aromatic rings. The van der Waals surface area contributed by atoms with E-state index >= 15 is 0 Å². The molecule has 1 rings (SSSR count). The molecular weight excluding hydrogens is 228 g/mol. The number of aliphatic imine (C=N–C) groups is 1. The number of hydrogen-bond donors (Lipinski definition) is 1. The van der Waals surface area contributed by atoms with Crippen LogP contribution in [0.15, 0.2) is 53.7 Å². The third kappa shape index (κ3) is 3.90. The lowest BCUT2D eigenvalue weighted by molar-refractivity contribution is 0.0963. The Morgan fingerprint density at radius 3 is 2.61 bits per heavy atom. The zero-order valence-electron chi connectivity index (χ0n) is 10.3. The molecule has 18 heavy (non-hydrogen) atoms. The second-order valence-electron chi connectivity index (χ2n) is 3.48. The van der Waals surface area contributed by atoms with Crippen LogP contribution in [-0.4, -0.2) is 26.3 Å². The molecule has 0 saturated heterocycles. The Kier molecular flexibility index (Phi) is 5.38. The molecule has 4 heteroatoms. The van der Waals surface area contributed by atoms with Crippen LogP contribution in [0.5, 0.6) is 5.75 Å². The molecule has 0 radical (unpaired) electrons. The Morgan fingerprint density at radius 2 is 2.11 bits per heavy atom. The summed E-state index contributed by atoms with van der Waals surface area (Å²) >= 11 is 0. The second-order valence-corrected chi connectivity index (χ2v) is 3.48. The Balaban J connectivity index is 2.64. The van der Waals surface area contributed by atoms with Gasteiger partial charge in [-0.05, 0) is 31.0 Å². The van der Waals surface area contributed by atoms with Crippen LogP contribution in [0.2, 0.25) is 0 Å². The summed E-state index contributed by atoms with van der Waals surface area (Å²) in [7, 11) is 1.59. The van der Waals surface area contributed by atoms with Gasteiger partial charge in [-0.3, -0.25) is 9.79 Å². The minimum Gasteiger partial charge on any atom is -0.489 e. The Morgan fingerprint density at radius 1 is 1.44 bits per heavy atom. The van der Waals surface area contributed by atoms with Crippen LogP contribution in [0, 0.1) is 0 Å². The average molecular weight is 244 g/mol. The van der Waals surface area contributed by atoms with E-state index in [1.165, 1.54) is 0 Å². The number of rotatable bonds is 6. The number of hydrogen-bond acceptors (Lipinski definition) is 3. The summed E-state index contributed by atoms with van der Waals surface area (Å²) in [4.78, 5) is 15.0. The van der Waals surface area contributed by atoms with Gasteiger partial charge in [0.1, 0.15) is 12.4 Å². The number of ether oxygens (including phenoxy) is 1. The van der Waals surface area contributed by atoms with Crippen LogP contribution in [0.4, 0.5) is 0 Å². The molecule has 0 spiro atoms. The molecule has 94 valence electrons.